The van der Waals surface area contributed by atoms with E-state index in [1.807, 2.05) is 24.3 Å². The largest absolute Gasteiger partial charge is 0.507 e. The van der Waals surface area contributed by atoms with Gasteiger partial charge in [-0.15, -0.1) is 0 Å². The molecule has 2 aromatic carbocycles. The molecule has 0 saturated heterocycles. The lowest BCUT2D eigenvalue weighted by Crippen LogP contribution is -1.95. The second-order valence-corrected chi connectivity index (χ2v) is 4.17. The van der Waals surface area contributed by atoms with Crippen molar-refractivity contribution in [3.05, 3.63) is 53.1 Å². The maximum atomic E-state index is 9.67. The summed E-state index contributed by atoms with van der Waals surface area (Å²) in [6.07, 6.45) is 0. The van der Waals surface area contributed by atoms with Crippen molar-refractivity contribution >= 4 is 11.6 Å². The molecular weight excluding hydrogens is 252 g/mol. The van der Waals surface area contributed by atoms with E-state index >= 15 is 0 Å². The Morgan fingerprint density at radius 1 is 1.06 bits per heavy atom. The van der Waals surface area contributed by atoms with Gasteiger partial charge in [0.05, 0.1) is 7.11 Å². The van der Waals surface area contributed by atoms with Gasteiger partial charge in [-0.05, 0) is 36.4 Å². The highest BCUT2D eigenvalue weighted by Gasteiger charge is 2.03. The molecule has 1 N–H and O–H groups in total. The maximum Gasteiger partial charge on any atom is 0.123 e. The molecule has 0 bridgehead atoms. The molecule has 0 saturated carbocycles. The van der Waals surface area contributed by atoms with Crippen LogP contribution in [0.5, 0.6) is 17.2 Å². The number of rotatable bonds is 4. The van der Waals surface area contributed by atoms with Crippen LogP contribution in [0.25, 0.3) is 0 Å². The fraction of sp³-hybridized carbons (Fsp3) is 0.143. The highest BCUT2D eigenvalue weighted by molar-refractivity contribution is 6.30. The molecule has 0 heterocycles. The second kappa shape index (κ2) is 5.65. The molecule has 0 spiro atoms. The van der Waals surface area contributed by atoms with Crippen molar-refractivity contribution in [2.24, 2.45) is 0 Å². The normalized spacial score (nSPS) is 10.1. The van der Waals surface area contributed by atoms with Gasteiger partial charge >= 0.3 is 0 Å². The number of ether oxygens (including phenoxy) is 2. The molecular formula is C14H13ClO3. The Balaban J connectivity index is 2.02. The van der Waals surface area contributed by atoms with E-state index in [0.717, 1.165) is 5.75 Å². The molecule has 0 radical (unpaired) electrons. The Morgan fingerprint density at radius 3 is 2.33 bits per heavy atom. The zero-order valence-corrected chi connectivity index (χ0v) is 10.6. The summed E-state index contributed by atoms with van der Waals surface area (Å²) in [4.78, 5) is 0. The number of halogens is 1. The Bertz CT molecular complexity index is 523. The van der Waals surface area contributed by atoms with Crippen LogP contribution in [-0.4, -0.2) is 12.2 Å². The van der Waals surface area contributed by atoms with Gasteiger partial charge in [-0.25, -0.2) is 0 Å². The van der Waals surface area contributed by atoms with Crippen molar-refractivity contribution in [2.45, 2.75) is 6.61 Å². The van der Waals surface area contributed by atoms with Gasteiger partial charge in [0.25, 0.3) is 0 Å². The summed E-state index contributed by atoms with van der Waals surface area (Å²) in [6.45, 7) is 0.287. The van der Waals surface area contributed by atoms with Crippen molar-refractivity contribution in [2.75, 3.05) is 7.11 Å². The molecule has 94 valence electrons. The van der Waals surface area contributed by atoms with Crippen LogP contribution < -0.4 is 9.47 Å². The Morgan fingerprint density at radius 2 is 1.72 bits per heavy atom. The van der Waals surface area contributed by atoms with E-state index in [-0.39, 0.29) is 12.4 Å². The lowest BCUT2D eigenvalue weighted by molar-refractivity contribution is 0.298. The Hall–Kier alpha value is -1.87. The van der Waals surface area contributed by atoms with Gasteiger partial charge in [0.1, 0.15) is 23.9 Å². The van der Waals surface area contributed by atoms with Crippen molar-refractivity contribution < 1.29 is 14.6 Å². The third-order valence-corrected chi connectivity index (χ3v) is 2.74. The predicted octanol–water partition coefficient (Wildman–Crippen LogP) is 3.63. The number of hydrogen-bond acceptors (Lipinski definition) is 3. The molecule has 18 heavy (non-hydrogen) atoms. The van der Waals surface area contributed by atoms with Crippen LogP contribution in [0.2, 0.25) is 5.02 Å². The predicted molar refractivity (Wildman–Crippen MR) is 70.4 cm³/mol. The number of phenols is 1. The molecule has 0 aromatic heterocycles. The fourth-order valence-corrected chi connectivity index (χ4v) is 1.66. The second-order valence-electron chi connectivity index (χ2n) is 3.74. The third-order valence-electron chi connectivity index (χ3n) is 2.50. The van der Waals surface area contributed by atoms with E-state index in [1.54, 1.807) is 19.2 Å². The topological polar surface area (TPSA) is 38.7 Å². The first-order valence-corrected chi connectivity index (χ1v) is 5.81. The van der Waals surface area contributed by atoms with Crippen molar-refractivity contribution in [3.63, 3.8) is 0 Å². The first-order chi connectivity index (χ1) is 8.69. The van der Waals surface area contributed by atoms with Crippen molar-refractivity contribution in [1.29, 1.82) is 0 Å². The number of aromatic hydroxyl groups is 1. The van der Waals surface area contributed by atoms with Crippen LogP contribution in [0, 0.1) is 0 Å². The number of phenolic OH excluding ortho intramolecular Hbond substituents is 1. The van der Waals surface area contributed by atoms with Gasteiger partial charge in [-0.3, -0.25) is 0 Å². The van der Waals surface area contributed by atoms with Gasteiger partial charge in [0, 0.05) is 10.6 Å². The van der Waals surface area contributed by atoms with E-state index in [1.165, 1.54) is 6.07 Å². The van der Waals surface area contributed by atoms with Crippen molar-refractivity contribution in [1.82, 2.24) is 0 Å². The number of methoxy groups -OCH3 is 1. The molecule has 0 atom stereocenters. The van der Waals surface area contributed by atoms with Crippen LogP contribution in [0.4, 0.5) is 0 Å². The zero-order valence-electron chi connectivity index (χ0n) is 9.89. The van der Waals surface area contributed by atoms with E-state index in [0.29, 0.717) is 16.3 Å². The number of hydrogen-bond donors (Lipinski definition) is 1. The Kier molecular flexibility index (Phi) is 3.95. The minimum Gasteiger partial charge on any atom is -0.507 e. The first-order valence-electron chi connectivity index (χ1n) is 5.43. The summed E-state index contributed by atoms with van der Waals surface area (Å²) in [5, 5.41) is 10.2. The molecule has 0 aliphatic carbocycles. The summed E-state index contributed by atoms with van der Waals surface area (Å²) < 4.78 is 10.6. The van der Waals surface area contributed by atoms with Crippen molar-refractivity contribution in [3.8, 4) is 17.2 Å². The maximum absolute atomic E-state index is 9.67. The minimum absolute atomic E-state index is 0.135. The van der Waals surface area contributed by atoms with Gasteiger partial charge in [-0.2, -0.15) is 0 Å². The van der Waals surface area contributed by atoms with E-state index in [4.69, 9.17) is 21.1 Å². The lowest BCUT2D eigenvalue weighted by Gasteiger charge is -2.08. The highest BCUT2D eigenvalue weighted by atomic mass is 35.5. The molecule has 2 aromatic rings. The summed E-state index contributed by atoms with van der Waals surface area (Å²) in [7, 11) is 1.61. The van der Waals surface area contributed by atoms with Crippen LogP contribution in [0.15, 0.2) is 42.5 Å². The first kappa shape index (κ1) is 12.6. The molecule has 0 unspecified atom stereocenters. The zero-order chi connectivity index (χ0) is 13.0. The lowest BCUT2D eigenvalue weighted by atomic mass is 10.2. The average Bonchev–Trinajstić information content (AvgIpc) is 2.38. The van der Waals surface area contributed by atoms with Crippen LogP contribution >= 0.6 is 11.6 Å². The summed E-state index contributed by atoms with van der Waals surface area (Å²) >= 11 is 5.75. The van der Waals surface area contributed by atoms with Crippen LogP contribution in [0.1, 0.15) is 5.56 Å². The quantitative estimate of drug-likeness (QED) is 0.916. The van der Waals surface area contributed by atoms with Gasteiger partial charge in [0.2, 0.25) is 0 Å². The number of benzene rings is 2. The highest BCUT2D eigenvalue weighted by Crippen LogP contribution is 2.24. The molecule has 3 nitrogen and oxygen atoms in total. The summed E-state index contributed by atoms with van der Waals surface area (Å²) in [5.41, 5.74) is 0.690. The monoisotopic (exact) mass is 264 g/mol. The van der Waals surface area contributed by atoms with Gasteiger partial charge < -0.3 is 14.6 Å². The summed E-state index contributed by atoms with van der Waals surface area (Å²) in [6, 6.07) is 12.2. The minimum atomic E-state index is 0.135. The smallest absolute Gasteiger partial charge is 0.123 e. The fourth-order valence-electron chi connectivity index (χ4n) is 1.49. The van der Waals surface area contributed by atoms with Crippen LogP contribution in [0.3, 0.4) is 0 Å². The molecule has 4 heteroatoms. The third kappa shape index (κ3) is 3.08. The molecule has 0 amide bonds. The molecule has 0 aliphatic rings. The van der Waals surface area contributed by atoms with E-state index < -0.39 is 0 Å². The van der Waals surface area contributed by atoms with E-state index in [2.05, 4.69) is 0 Å². The standard InChI is InChI=1S/C14H13ClO3/c1-17-12-4-6-13(7-5-12)18-9-10-2-3-11(15)8-14(10)16/h2-8,16H,9H2,1H3. The van der Waals surface area contributed by atoms with Gasteiger partial charge in [-0.1, -0.05) is 17.7 Å². The van der Waals surface area contributed by atoms with Gasteiger partial charge in [0.15, 0.2) is 0 Å². The average molecular weight is 265 g/mol. The van der Waals surface area contributed by atoms with Crippen LogP contribution in [-0.2, 0) is 6.61 Å². The Labute approximate surface area is 111 Å². The van der Waals surface area contributed by atoms with E-state index in [9.17, 15) is 5.11 Å². The molecule has 0 fully saturated rings. The molecule has 0 aliphatic heterocycles. The molecule has 2 rings (SSSR count). The SMILES string of the molecule is COc1ccc(OCc2ccc(Cl)cc2O)cc1. The summed E-state index contributed by atoms with van der Waals surface area (Å²) in [5.74, 6) is 1.62.